The number of carbonyl (C=O) groups excluding carboxylic acids is 2. The van der Waals surface area contributed by atoms with E-state index in [1.54, 1.807) is 6.92 Å². The molecule has 0 aromatic carbocycles. The molecule has 4 fully saturated rings. The van der Waals surface area contributed by atoms with Crippen molar-refractivity contribution in [3.63, 3.8) is 0 Å². The Morgan fingerprint density at radius 3 is 2.00 bits per heavy atom. The Bertz CT molecular complexity index is 593. The predicted molar refractivity (Wildman–Crippen MR) is 90.4 cm³/mol. The Morgan fingerprint density at radius 2 is 1.54 bits per heavy atom. The van der Waals surface area contributed by atoms with E-state index in [2.05, 4.69) is 10.9 Å². The summed E-state index contributed by atoms with van der Waals surface area (Å²) in [4.78, 5) is 24.8. The largest absolute Gasteiger partial charge is 0.273 e. The van der Waals surface area contributed by atoms with Crippen LogP contribution in [0, 0.1) is 23.2 Å². The van der Waals surface area contributed by atoms with Crippen molar-refractivity contribution < 1.29 is 18.0 Å². The molecule has 1 atom stereocenters. The monoisotopic (exact) mass is 356 g/mol. The number of hydrogen-bond acceptors (Lipinski definition) is 4. The minimum Gasteiger partial charge on any atom is -0.273 e. The number of carbonyl (C=O) groups is 2. The molecule has 4 saturated carbocycles. The highest BCUT2D eigenvalue weighted by molar-refractivity contribution is 7.92. The molecule has 0 saturated heterocycles. The number of hydrogen-bond donors (Lipinski definition) is 2. The van der Waals surface area contributed by atoms with Gasteiger partial charge in [0, 0.05) is 0 Å². The molecule has 0 aliphatic heterocycles. The lowest BCUT2D eigenvalue weighted by molar-refractivity contribution is -0.148. The minimum absolute atomic E-state index is 0.0233. The summed E-state index contributed by atoms with van der Waals surface area (Å²) >= 11 is 0. The number of rotatable bonds is 5. The number of nitrogens with one attached hydrogen (secondary N) is 2. The lowest BCUT2D eigenvalue weighted by Gasteiger charge is -2.55. The number of sulfone groups is 1. The molecule has 2 amide bonds. The van der Waals surface area contributed by atoms with Crippen molar-refractivity contribution in [2.75, 3.05) is 5.75 Å². The first kappa shape index (κ1) is 17.7. The molecule has 4 rings (SSSR count). The van der Waals surface area contributed by atoms with Gasteiger partial charge in [-0.25, -0.2) is 8.42 Å². The van der Waals surface area contributed by atoms with Crippen LogP contribution in [0.15, 0.2) is 0 Å². The SMILES string of the molecule is CCCS(=O)(=O)C(C)C(=O)NNC(=O)C12CC3CC(CC(C3)C1)C2. The molecule has 0 heterocycles. The van der Waals surface area contributed by atoms with Gasteiger partial charge in [0.25, 0.3) is 5.91 Å². The van der Waals surface area contributed by atoms with Gasteiger partial charge >= 0.3 is 0 Å². The van der Waals surface area contributed by atoms with Crippen molar-refractivity contribution in [2.24, 2.45) is 23.2 Å². The van der Waals surface area contributed by atoms with Crippen LogP contribution >= 0.6 is 0 Å². The van der Waals surface area contributed by atoms with Gasteiger partial charge in [-0.15, -0.1) is 0 Å². The first-order valence-electron chi connectivity index (χ1n) is 9.07. The fraction of sp³-hybridized carbons (Fsp3) is 0.882. The van der Waals surface area contributed by atoms with E-state index < -0.39 is 21.0 Å². The zero-order chi connectivity index (χ0) is 17.5. The second kappa shape index (κ2) is 6.32. The quantitative estimate of drug-likeness (QED) is 0.731. The Balaban J connectivity index is 1.59. The van der Waals surface area contributed by atoms with Crippen molar-refractivity contribution >= 4 is 21.7 Å². The van der Waals surface area contributed by atoms with Crippen molar-refractivity contribution in [1.82, 2.24) is 10.9 Å². The molecule has 4 aliphatic carbocycles. The zero-order valence-electron chi connectivity index (χ0n) is 14.5. The van der Waals surface area contributed by atoms with Gasteiger partial charge in [0.15, 0.2) is 9.84 Å². The van der Waals surface area contributed by atoms with Crippen molar-refractivity contribution in [1.29, 1.82) is 0 Å². The van der Waals surface area contributed by atoms with Crippen LogP contribution in [0.5, 0.6) is 0 Å². The van der Waals surface area contributed by atoms with E-state index >= 15 is 0 Å². The Labute approximate surface area is 144 Å². The van der Waals surface area contributed by atoms with Crippen LogP contribution in [-0.4, -0.2) is 31.2 Å². The summed E-state index contributed by atoms with van der Waals surface area (Å²) in [6.45, 7) is 3.13. The summed E-state index contributed by atoms with van der Waals surface area (Å²) in [5.74, 6) is 1.12. The van der Waals surface area contributed by atoms with Crippen LogP contribution in [0.2, 0.25) is 0 Å². The maximum Gasteiger partial charge on any atom is 0.256 e. The summed E-state index contributed by atoms with van der Waals surface area (Å²) in [6, 6.07) is 0. The summed E-state index contributed by atoms with van der Waals surface area (Å²) in [6.07, 6.45) is 6.92. The molecule has 4 bridgehead atoms. The molecule has 0 spiro atoms. The smallest absolute Gasteiger partial charge is 0.256 e. The van der Waals surface area contributed by atoms with Gasteiger partial charge in [0.2, 0.25) is 5.91 Å². The van der Waals surface area contributed by atoms with E-state index in [4.69, 9.17) is 0 Å². The van der Waals surface area contributed by atoms with Gasteiger partial charge < -0.3 is 0 Å². The summed E-state index contributed by atoms with van der Waals surface area (Å²) in [5.41, 5.74) is 4.53. The van der Waals surface area contributed by atoms with Gasteiger partial charge in [-0.2, -0.15) is 0 Å². The van der Waals surface area contributed by atoms with Crippen LogP contribution in [0.3, 0.4) is 0 Å². The van der Waals surface area contributed by atoms with Crippen molar-refractivity contribution in [3.05, 3.63) is 0 Å². The van der Waals surface area contributed by atoms with Gasteiger partial charge in [0.1, 0.15) is 5.25 Å². The third-order valence-corrected chi connectivity index (χ3v) is 8.48. The normalized spacial score (nSPS) is 35.5. The first-order chi connectivity index (χ1) is 11.3. The van der Waals surface area contributed by atoms with Crippen LogP contribution < -0.4 is 10.9 Å². The van der Waals surface area contributed by atoms with Gasteiger partial charge in [0.05, 0.1) is 11.2 Å². The van der Waals surface area contributed by atoms with E-state index in [1.807, 2.05) is 0 Å². The van der Waals surface area contributed by atoms with E-state index in [0.717, 1.165) is 19.3 Å². The Kier molecular flexibility index (Phi) is 4.66. The molecule has 4 aliphatic rings. The lowest BCUT2D eigenvalue weighted by atomic mass is 9.49. The standard InChI is InChI=1S/C17H28N2O4S/c1-3-4-24(22,23)11(2)15(20)18-19-16(21)17-8-12-5-13(9-17)7-14(6-12)10-17/h11-14H,3-10H2,1-2H3,(H,18,20)(H,19,21). The van der Waals surface area contributed by atoms with Crippen molar-refractivity contribution in [2.45, 2.75) is 64.0 Å². The van der Waals surface area contributed by atoms with Gasteiger partial charge in [-0.1, -0.05) is 6.92 Å². The summed E-state index contributed by atoms with van der Waals surface area (Å²) in [7, 11) is -3.47. The highest BCUT2D eigenvalue weighted by Crippen LogP contribution is 2.59. The predicted octanol–water partition coefficient (Wildman–Crippen LogP) is 1.56. The van der Waals surface area contributed by atoms with Crippen LogP contribution in [0.25, 0.3) is 0 Å². The molecule has 1 unspecified atom stereocenters. The maximum atomic E-state index is 12.7. The Morgan fingerprint density at radius 1 is 1.04 bits per heavy atom. The molecule has 0 aromatic rings. The first-order valence-corrected chi connectivity index (χ1v) is 10.8. The lowest BCUT2D eigenvalue weighted by Crippen LogP contribution is -2.58. The average Bonchev–Trinajstić information content (AvgIpc) is 2.50. The fourth-order valence-corrected chi connectivity index (χ4v) is 6.67. The molecule has 7 heteroatoms. The topological polar surface area (TPSA) is 92.3 Å². The third kappa shape index (κ3) is 3.19. The minimum atomic E-state index is -3.47. The molecule has 24 heavy (non-hydrogen) atoms. The number of amides is 2. The summed E-state index contributed by atoms with van der Waals surface area (Å²) < 4.78 is 23.9. The van der Waals surface area contributed by atoms with E-state index in [1.165, 1.54) is 26.2 Å². The zero-order valence-corrected chi connectivity index (χ0v) is 15.3. The highest BCUT2D eigenvalue weighted by Gasteiger charge is 2.54. The van der Waals surface area contributed by atoms with Crippen LogP contribution in [0.1, 0.15) is 58.8 Å². The van der Waals surface area contributed by atoms with Crippen LogP contribution in [-0.2, 0) is 19.4 Å². The Hall–Kier alpha value is -1.11. The third-order valence-electron chi connectivity index (χ3n) is 6.22. The fourth-order valence-electron chi connectivity index (χ4n) is 5.37. The maximum absolute atomic E-state index is 12.7. The van der Waals surface area contributed by atoms with Crippen LogP contribution in [0.4, 0.5) is 0 Å². The van der Waals surface area contributed by atoms with E-state index in [9.17, 15) is 18.0 Å². The van der Waals surface area contributed by atoms with Gasteiger partial charge in [-0.3, -0.25) is 20.4 Å². The molecule has 6 nitrogen and oxygen atoms in total. The number of hydrazine groups is 1. The molecule has 2 N–H and O–H groups in total. The second-order valence-electron chi connectivity index (χ2n) is 8.15. The molecular formula is C17H28N2O4S. The molecule has 136 valence electrons. The second-order valence-corrected chi connectivity index (χ2v) is 10.6. The molecule has 0 radical (unpaired) electrons. The molecular weight excluding hydrogens is 328 g/mol. The molecule has 0 aromatic heterocycles. The van der Waals surface area contributed by atoms with Gasteiger partial charge in [-0.05, 0) is 69.6 Å². The average molecular weight is 356 g/mol. The highest BCUT2D eigenvalue weighted by atomic mass is 32.2. The van der Waals surface area contributed by atoms with E-state index in [0.29, 0.717) is 24.2 Å². The summed E-state index contributed by atoms with van der Waals surface area (Å²) in [5, 5.41) is -1.14. The van der Waals surface area contributed by atoms with Crippen molar-refractivity contribution in [3.8, 4) is 0 Å². The van der Waals surface area contributed by atoms with E-state index in [-0.39, 0.29) is 17.1 Å².